The van der Waals surface area contributed by atoms with Crippen molar-refractivity contribution in [3.05, 3.63) is 86.3 Å². The lowest BCUT2D eigenvalue weighted by molar-refractivity contribution is 0.437. The lowest BCUT2D eigenvalue weighted by Gasteiger charge is -2.25. The fourth-order valence-electron chi connectivity index (χ4n) is 9.04. The monoisotopic (exact) mass is 988 g/mol. The quantitative estimate of drug-likeness (QED) is 0.0664. The van der Waals surface area contributed by atoms with Crippen LogP contribution in [0.15, 0.2) is 66.8 Å². The Kier molecular flexibility index (Phi) is 16.0. The molecule has 7 aromatic rings. The van der Waals surface area contributed by atoms with Crippen LogP contribution in [0.2, 0.25) is 0 Å². The van der Waals surface area contributed by atoms with Crippen LogP contribution in [0.1, 0.15) is 146 Å². The van der Waals surface area contributed by atoms with Crippen molar-refractivity contribution in [2.45, 2.75) is 145 Å². The highest BCUT2D eigenvalue weighted by Gasteiger charge is 2.30. The van der Waals surface area contributed by atoms with E-state index < -0.39 is 0 Å². The van der Waals surface area contributed by atoms with Crippen molar-refractivity contribution in [1.82, 2.24) is 9.97 Å². The van der Waals surface area contributed by atoms with Gasteiger partial charge < -0.3 is 0 Å². The molecule has 0 aliphatic heterocycles. The summed E-state index contributed by atoms with van der Waals surface area (Å²) in [5, 5.41) is 19.4. The number of hydrogen-bond acceptors (Lipinski definition) is 10. The van der Waals surface area contributed by atoms with Crippen LogP contribution in [-0.2, 0) is 18.3 Å². The Labute approximate surface area is 418 Å². The van der Waals surface area contributed by atoms with Crippen LogP contribution in [0.3, 0.4) is 0 Å². The molecule has 0 saturated heterocycles. The lowest BCUT2D eigenvalue weighted by atomic mass is 9.83. The second-order valence-corrected chi connectivity index (χ2v) is 26.4. The molecule has 1 aliphatic rings. The summed E-state index contributed by atoms with van der Waals surface area (Å²) in [4.78, 5) is 21.5. The first-order valence-electron chi connectivity index (χ1n) is 24.5. The summed E-state index contributed by atoms with van der Waals surface area (Å²) < 4.78 is 2.37. The summed E-state index contributed by atoms with van der Waals surface area (Å²) in [5.74, 6) is 3.00. The van der Waals surface area contributed by atoms with Gasteiger partial charge in [0.15, 0.2) is 0 Å². The van der Waals surface area contributed by atoms with E-state index in [-0.39, 0.29) is 16.8 Å². The Morgan fingerprint density at radius 3 is 1.55 bits per heavy atom. The average Bonchev–Trinajstić information content (AvgIpc) is 4.16. The average molecular weight is 990 g/mol. The van der Waals surface area contributed by atoms with E-state index in [2.05, 4.69) is 111 Å². The third kappa shape index (κ3) is 10.9. The van der Waals surface area contributed by atoms with Gasteiger partial charge in [0.2, 0.25) is 0 Å². The summed E-state index contributed by atoms with van der Waals surface area (Å²) in [6.45, 7) is 21.2. The van der Waals surface area contributed by atoms with Crippen LogP contribution in [0.5, 0.6) is 0 Å². The van der Waals surface area contributed by atoms with E-state index in [1.807, 2.05) is 68.8 Å². The van der Waals surface area contributed by atoms with Gasteiger partial charge in [-0.15, -0.1) is 68.0 Å². The van der Waals surface area contributed by atoms with E-state index in [9.17, 15) is 0 Å². The molecule has 2 unspecified atom stereocenters. The number of benzene rings is 1. The van der Waals surface area contributed by atoms with Crippen molar-refractivity contribution in [3.63, 3.8) is 0 Å². The Balaban J connectivity index is 1.25. The number of nitrogens with zero attached hydrogens (tertiary/aromatic N) is 2. The number of nitrogens with one attached hydrogen (secondary N) is 2. The van der Waals surface area contributed by atoms with Crippen LogP contribution in [0, 0.1) is 34.5 Å². The number of allylic oxidation sites excluding steroid dienone is 4. The molecule has 0 saturated carbocycles. The number of aromatic nitrogens is 2. The number of rotatable bonds is 22. The predicted octanol–water partition coefficient (Wildman–Crippen LogP) is 19.7. The molecule has 2 N–H and O–H groups in total. The van der Waals surface area contributed by atoms with Crippen molar-refractivity contribution in [3.8, 4) is 40.7 Å². The van der Waals surface area contributed by atoms with Gasteiger partial charge in [-0.05, 0) is 117 Å². The number of aryl methyl sites for hydroxylation is 2. The zero-order valence-corrected chi connectivity index (χ0v) is 45.4. The maximum Gasteiger partial charge on any atom is 0.134 e. The second-order valence-electron chi connectivity index (χ2n) is 19.9. The smallest absolute Gasteiger partial charge is 0.134 e. The van der Waals surface area contributed by atoms with Crippen LogP contribution < -0.4 is 0 Å². The number of thiazole rings is 2. The first-order valence-corrected chi connectivity index (χ1v) is 29.4. The molecule has 1 aliphatic carbocycles. The molecular formula is C56H68N4S6. The Morgan fingerprint density at radius 1 is 0.545 bits per heavy atom. The summed E-state index contributed by atoms with van der Waals surface area (Å²) in [6, 6.07) is 18.4. The van der Waals surface area contributed by atoms with Crippen molar-refractivity contribution in [1.29, 1.82) is 10.8 Å². The first-order chi connectivity index (χ1) is 31.7. The minimum atomic E-state index is 0.117. The molecule has 66 heavy (non-hydrogen) atoms. The predicted molar refractivity (Wildman–Crippen MR) is 299 cm³/mol. The molecule has 2 atom stereocenters. The van der Waals surface area contributed by atoms with Gasteiger partial charge in [0.05, 0.1) is 41.6 Å². The molecule has 0 radical (unpaired) electrons. The fourth-order valence-corrected chi connectivity index (χ4v) is 16.0. The molecule has 6 aromatic heterocycles. The number of thiophene rings is 4. The molecule has 10 heteroatoms. The van der Waals surface area contributed by atoms with E-state index >= 15 is 0 Å². The van der Waals surface area contributed by atoms with Crippen molar-refractivity contribution < 1.29 is 0 Å². The number of fused-ring (bicyclic) bond motifs is 2. The molecule has 0 spiro atoms. The molecular weight excluding hydrogens is 921 g/mol. The van der Waals surface area contributed by atoms with Crippen LogP contribution in [-0.4, -0.2) is 21.4 Å². The summed E-state index contributed by atoms with van der Waals surface area (Å²) in [5.41, 5.74) is 5.89. The van der Waals surface area contributed by atoms with Crippen molar-refractivity contribution in [2.75, 3.05) is 0 Å². The van der Waals surface area contributed by atoms with E-state index in [1.165, 1.54) is 95.6 Å². The molecule has 0 fully saturated rings. The van der Waals surface area contributed by atoms with E-state index in [4.69, 9.17) is 20.8 Å². The zero-order chi connectivity index (χ0) is 46.7. The largest absolute Gasteiger partial charge is 0.299 e. The summed E-state index contributed by atoms with van der Waals surface area (Å²) in [6.07, 6.45) is 20.3. The zero-order valence-electron chi connectivity index (χ0n) is 40.5. The SMILES string of the molecule is CCC(C)(CC)c1ccc(-c2c3nc(-c4ccc(CCC(C)CCCC(C)C)s4)sc3c(-c3ccc(C4=CC=CC(=N)C4=N)s3)c3nc(-c4ccc(CCC(C)CCCC(C)C)s4)sc23)s1. The molecule has 0 bridgehead atoms. The minimum Gasteiger partial charge on any atom is -0.299 e. The van der Waals surface area contributed by atoms with E-state index in [1.54, 1.807) is 17.4 Å². The van der Waals surface area contributed by atoms with Gasteiger partial charge in [-0.1, -0.05) is 113 Å². The standard InChI is InChI=1S/C56H68N4S6/c1-10-56(9,11-2)46-32-31-43(64-46)48-51-52(65-55(60-51)45-28-26-38(62-45)24-22-36(8)18-13-16-34(5)6)47(42-30-29-41(63-42)39-19-14-20-40(57)49(39)58)50-53(48)66-54(59-50)44-27-25-37(61-44)23-21-35(7)17-12-15-33(3)4/h14,19-20,25-36,57-58H,10-13,15-18,21-24H2,1-9H3. The van der Waals surface area contributed by atoms with Gasteiger partial charge in [0.1, 0.15) is 10.0 Å². The van der Waals surface area contributed by atoms with Crippen LogP contribution in [0.25, 0.3) is 66.7 Å². The van der Waals surface area contributed by atoms with E-state index in [0.29, 0.717) is 0 Å². The minimum absolute atomic E-state index is 0.117. The second kappa shape index (κ2) is 21.5. The third-order valence-corrected chi connectivity index (χ3v) is 21.2. The van der Waals surface area contributed by atoms with Gasteiger partial charge >= 0.3 is 0 Å². The number of hydrogen-bond donors (Lipinski definition) is 2. The normalized spacial score (nSPS) is 14.5. The van der Waals surface area contributed by atoms with Gasteiger partial charge in [0.25, 0.3) is 0 Å². The summed E-state index contributed by atoms with van der Waals surface area (Å²) in [7, 11) is 0. The van der Waals surface area contributed by atoms with Gasteiger partial charge in [-0.25, -0.2) is 9.97 Å². The van der Waals surface area contributed by atoms with E-state index in [0.717, 1.165) is 91.3 Å². The van der Waals surface area contributed by atoms with Crippen molar-refractivity contribution >= 4 is 105 Å². The maximum atomic E-state index is 8.81. The molecule has 0 amide bonds. The highest BCUT2D eigenvalue weighted by Crippen LogP contribution is 2.54. The van der Waals surface area contributed by atoms with Crippen LogP contribution >= 0.6 is 68.0 Å². The molecule has 6 heterocycles. The molecule has 4 nitrogen and oxygen atoms in total. The highest BCUT2D eigenvalue weighted by molar-refractivity contribution is 7.28. The van der Waals surface area contributed by atoms with Gasteiger partial charge in [-0.2, -0.15) is 0 Å². The van der Waals surface area contributed by atoms with Crippen molar-refractivity contribution in [2.24, 2.45) is 23.7 Å². The third-order valence-electron chi connectivity index (χ3n) is 13.8. The molecule has 8 rings (SSSR count). The first kappa shape index (κ1) is 49.1. The van der Waals surface area contributed by atoms with Gasteiger partial charge in [0, 0.05) is 51.4 Å². The molecule has 1 aromatic carbocycles. The Bertz CT molecular complexity index is 2740. The Hall–Kier alpha value is -3.38. The maximum absolute atomic E-state index is 8.81. The lowest BCUT2D eigenvalue weighted by Crippen LogP contribution is -2.17. The topological polar surface area (TPSA) is 73.5 Å². The summed E-state index contributed by atoms with van der Waals surface area (Å²) >= 11 is 11.1. The fraction of sp³-hybridized carbons (Fsp3) is 0.464. The molecule has 348 valence electrons. The van der Waals surface area contributed by atoms with Crippen LogP contribution in [0.4, 0.5) is 0 Å². The highest BCUT2D eigenvalue weighted by atomic mass is 32.1. The van der Waals surface area contributed by atoms with Gasteiger partial charge in [-0.3, -0.25) is 10.8 Å². The Morgan fingerprint density at radius 2 is 1.03 bits per heavy atom.